The van der Waals surface area contributed by atoms with Gasteiger partial charge in [-0.2, -0.15) is 5.26 Å². The minimum absolute atomic E-state index is 0.567. The zero-order valence-corrected chi connectivity index (χ0v) is 13.2. The SMILES string of the molecule is CC(C)CCN(c1cccc(Cl)c1C#N)C1CCCC1. The van der Waals surface area contributed by atoms with Gasteiger partial charge in [-0.25, -0.2) is 0 Å². The first-order chi connectivity index (χ1) is 9.63. The summed E-state index contributed by atoms with van der Waals surface area (Å²) in [5.41, 5.74) is 1.65. The van der Waals surface area contributed by atoms with Crippen molar-refractivity contribution in [2.75, 3.05) is 11.4 Å². The molecule has 1 aliphatic rings. The summed E-state index contributed by atoms with van der Waals surface area (Å²) in [6.07, 6.45) is 6.20. The Morgan fingerprint density at radius 2 is 2.05 bits per heavy atom. The predicted octanol–water partition coefficient (Wildman–Crippen LogP) is 5.01. The van der Waals surface area contributed by atoms with Crippen molar-refractivity contribution in [2.24, 2.45) is 5.92 Å². The van der Waals surface area contributed by atoms with Crippen molar-refractivity contribution >= 4 is 17.3 Å². The highest BCUT2D eigenvalue weighted by Crippen LogP contribution is 2.33. The minimum Gasteiger partial charge on any atom is -0.367 e. The first-order valence-corrected chi connectivity index (χ1v) is 7.96. The Bertz CT molecular complexity index is 484. The van der Waals surface area contributed by atoms with Crippen LogP contribution >= 0.6 is 11.6 Å². The van der Waals surface area contributed by atoms with Crippen molar-refractivity contribution in [1.29, 1.82) is 5.26 Å². The second-order valence-electron chi connectivity index (χ2n) is 6.06. The average Bonchev–Trinajstić information content (AvgIpc) is 2.93. The van der Waals surface area contributed by atoms with Crippen LogP contribution in [-0.2, 0) is 0 Å². The predicted molar refractivity (Wildman–Crippen MR) is 85.2 cm³/mol. The molecule has 0 aliphatic heterocycles. The lowest BCUT2D eigenvalue weighted by Crippen LogP contribution is -2.35. The molecule has 1 aromatic carbocycles. The molecule has 2 rings (SSSR count). The number of hydrogen-bond donors (Lipinski definition) is 0. The quantitative estimate of drug-likeness (QED) is 0.762. The fourth-order valence-corrected chi connectivity index (χ4v) is 3.19. The Morgan fingerprint density at radius 3 is 2.65 bits per heavy atom. The van der Waals surface area contributed by atoms with Gasteiger partial charge in [0.05, 0.1) is 16.3 Å². The normalized spacial score (nSPS) is 15.6. The molecule has 20 heavy (non-hydrogen) atoms. The standard InChI is InChI=1S/C17H23ClN2/c1-13(2)10-11-20(14-6-3-4-7-14)17-9-5-8-16(18)15(17)12-19/h5,8-9,13-14H,3-4,6-7,10-11H2,1-2H3. The lowest BCUT2D eigenvalue weighted by molar-refractivity contribution is 0.528. The molecule has 0 amide bonds. The molecule has 0 N–H and O–H groups in total. The largest absolute Gasteiger partial charge is 0.367 e. The van der Waals surface area contributed by atoms with Crippen LogP contribution in [-0.4, -0.2) is 12.6 Å². The summed E-state index contributed by atoms with van der Waals surface area (Å²) in [6.45, 7) is 5.50. The van der Waals surface area contributed by atoms with Crippen LogP contribution < -0.4 is 4.90 Å². The van der Waals surface area contributed by atoms with Crippen LogP contribution in [0, 0.1) is 17.2 Å². The molecule has 2 nitrogen and oxygen atoms in total. The molecular formula is C17H23ClN2. The van der Waals surface area contributed by atoms with Gasteiger partial charge in [0, 0.05) is 12.6 Å². The topological polar surface area (TPSA) is 27.0 Å². The van der Waals surface area contributed by atoms with E-state index in [0.717, 1.165) is 18.7 Å². The van der Waals surface area contributed by atoms with E-state index >= 15 is 0 Å². The molecule has 0 saturated heterocycles. The molecule has 0 spiro atoms. The molecule has 1 saturated carbocycles. The molecule has 1 aromatic rings. The van der Waals surface area contributed by atoms with Gasteiger partial charge in [0.1, 0.15) is 6.07 Å². The molecule has 0 bridgehead atoms. The summed E-state index contributed by atoms with van der Waals surface area (Å²) >= 11 is 6.19. The Labute approximate surface area is 127 Å². The smallest absolute Gasteiger partial charge is 0.103 e. The van der Waals surface area contributed by atoms with Crippen molar-refractivity contribution in [3.63, 3.8) is 0 Å². The number of nitriles is 1. The molecule has 3 heteroatoms. The van der Waals surface area contributed by atoms with Crippen LogP contribution in [0.4, 0.5) is 5.69 Å². The van der Waals surface area contributed by atoms with Gasteiger partial charge < -0.3 is 4.90 Å². The molecule has 1 fully saturated rings. The summed E-state index contributed by atoms with van der Waals surface area (Å²) in [6, 6.07) is 8.65. The summed E-state index contributed by atoms with van der Waals surface area (Å²) in [4.78, 5) is 2.43. The molecule has 0 radical (unpaired) electrons. The van der Waals surface area contributed by atoms with E-state index < -0.39 is 0 Å². The van der Waals surface area contributed by atoms with Crippen molar-refractivity contribution in [3.8, 4) is 6.07 Å². The molecule has 0 unspecified atom stereocenters. The third-order valence-electron chi connectivity index (χ3n) is 4.13. The first kappa shape index (κ1) is 15.2. The zero-order valence-electron chi connectivity index (χ0n) is 12.4. The molecular weight excluding hydrogens is 268 g/mol. The fourth-order valence-electron chi connectivity index (χ4n) is 2.98. The van der Waals surface area contributed by atoms with E-state index in [1.54, 1.807) is 6.07 Å². The Morgan fingerprint density at radius 1 is 1.35 bits per heavy atom. The highest BCUT2D eigenvalue weighted by atomic mass is 35.5. The van der Waals surface area contributed by atoms with Crippen molar-refractivity contribution < 1.29 is 0 Å². The number of anilines is 1. The molecule has 0 heterocycles. The van der Waals surface area contributed by atoms with E-state index in [1.807, 2.05) is 12.1 Å². The highest BCUT2D eigenvalue weighted by molar-refractivity contribution is 6.32. The summed E-state index contributed by atoms with van der Waals surface area (Å²) in [5, 5.41) is 9.97. The molecule has 1 aliphatic carbocycles. The van der Waals surface area contributed by atoms with Gasteiger partial charge in [-0.15, -0.1) is 0 Å². The van der Waals surface area contributed by atoms with Crippen molar-refractivity contribution in [3.05, 3.63) is 28.8 Å². The van der Waals surface area contributed by atoms with E-state index in [4.69, 9.17) is 11.6 Å². The lowest BCUT2D eigenvalue weighted by atomic mass is 10.1. The lowest BCUT2D eigenvalue weighted by Gasteiger charge is -2.32. The third kappa shape index (κ3) is 3.46. The maximum Gasteiger partial charge on any atom is 0.103 e. The molecule has 108 valence electrons. The number of rotatable bonds is 5. The van der Waals surface area contributed by atoms with E-state index in [1.165, 1.54) is 25.7 Å². The van der Waals surface area contributed by atoms with Gasteiger partial charge in [0.25, 0.3) is 0 Å². The summed E-state index contributed by atoms with van der Waals surface area (Å²) < 4.78 is 0. The van der Waals surface area contributed by atoms with Gasteiger partial charge in [0.2, 0.25) is 0 Å². The van der Waals surface area contributed by atoms with Gasteiger partial charge >= 0.3 is 0 Å². The Kier molecular flexibility index (Phi) is 5.31. The average molecular weight is 291 g/mol. The third-order valence-corrected chi connectivity index (χ3v) is 4.44. The maximum atomic E-state index is 9.41. The van der Waals surface area contributed by atoms with Gasteiger partial charge in [-0.3, -0.25) is 0 Å². The second-order valence-corrected chi connectivity index (χ2v) is 6.47. The summed E-state index contributed by atoms with van der Waals surface area (Å²) in [5.74, 6) is 0.670. The van der Waals surface area contributed by atoms with Crippen molar-refractivity contribution in [2.45, 2.75) is 52.0 Å². The number of nitrogens with zero attached hydrogens (tertiary/aromatic N) is 2. The Balaban J connectivity index is 2.30. The van der Waals surface area contributed by atoms with Crippen LogP contribution in [0.2, 0.25) is 5.02 Å². The number of halogens is 1. The summed E-state index contributed by atoms with van der Waals surface area (Å²) in [7, 11) is 0. The van der Waals surface area contributed by atoms with Crippen LogP contribution in [0.5, 0.6) is 0 Å². The van der Waals surface area contributed by atoms with Crippen LogP contribution in [0.25, 0.3) is 0 Å². The second kappa shape index (κ2) is 6.99. The molecule has 0 atom stereocenters. The number of hydrogen-bond acceptors (Lipinski definition) is 2. The van der Waals surface area contributed by atoms with E-state index in [0.29, 0.717) is 22.5 Å². The van der Waals surface area contributed by atoms with Gasteiger partial charge in [-0.1, -0.05) is 44.4 Å². The fraction of sp³-hybridized carbons (Fsp3) is 0.588. The van der Waals surface area contributed by atoms with E-state index in [-0.39, 0.29) is 0 Å². The van der Waals surface area contributed by atoms with Crippen molar-refractivity contribution in [1.82, 2.24) is 0 Å². The zero-order chi connectivity index (χ0) is 14.5. The van der Waals surface area contributed by atoms with E-state index in [2.05, 4.69) is 24.8 Å². The van der Waals surface area contributed by atoms with Crippen LogP contribution in [0.1, 0.15) is 51.5 Å². The number of benzene rings is 1. The minimum atomic E-state index is 0.567. The first-order valence-electron chi connectivity index (χ1n) is 7.58. The maximum absolute atomic E-state index is 9.41. The van der Waals surface area contributed by atoms with E-state index in [9.17, 15) is 5.26 Å². The highest BCUT2D eigenvalue weighted by Gasteiger charge is 2.25. The van der Waals surface area contributed by atoms with Crippen LogP contribution in [0.15, 0.2) is 18.2 Å². The van der Waals surface area contributed by atoms with Gasteiger partial charge in [-0.05, 0) is 37.3 Å². The van der Waals surface area contributed by atoms with Gasteiger partial charge in [0.15, 0.2) is 0 Å². The van der Waals surface area contributed by atoms with Crippen LogP contribution in [0.3, 0.4) is 0 Å². The monoisotopic (exact) mass is 290 g/mol. The Hall–Kier alpha value is -1.20. The molecule has 0 aromatic heterocycles.